The normalized spacial score (nSPS) is 11.2. The number of rotatable bonds is 1. The van der Waals surface area contributed by atoms with Gasteiger partial charge in [-0.15, -0.1) is 0 Å². The molecule has 0 aromatic rings. The second-order valence-electron chi connectivity index (χ2n) is 1.88. The van der Waals surface area contributed by atoms with Crippen LogP contribution in [0, 0.1) is 0 Å². The fraction of sp³-hybridized carbons (Fsp3) is 0.429. The fourth-order valence-electron chi connectivity index (χ4n) is 0.227. The zero-order chi connectivity index (χ0) is 11.1. The molecular weight excluding hydrogens is 198 g/mol. The smallest absolute Gasteiger partial charge is 0.171 e. The summed E-state index contributed by atoms with van der Waals surface area (Å²) in [4.78, 5) is 0. The van der Waals surface area contributed by atoms with Crippen molar-refractivity contribution in [2.45, 2.75) is 18.8 Å². The van der Waals surface area contributed by atoms with E-state index in [0.29, 0.717) is 0 Å². The first-order valence-corrected chi connectivity index (χ1v) is 2.99. The largest absolute Gasteiger partial charge is 0.397 e. The lowest BCUT2D eigenvalue weighted by Crippen LogP contribution is -2.20. The van der Waals surface area contributed by atoms with Crippen molar-refractivity contribution in [2.24, 2.45) is 0 Å². The molecule has 0 aliphatic heterocycles. The Morgan fingerprint density at radius 3 is 1.00 bits per heavy atom. The monoisotopic (exact) mass is 206 g/mol. The Balaban J connectivity index is 0. The van der Waals surface area contributed by atoms with E-state index in [-0.39, 0.29) is 0 Å². The van der Waals surface area contributed by atoms with E-state index in [4.69, 9.17) is 0 Å². The summed E-state index contributed by atoms with van der Waals surface area (Å²) in [5, 5.41) is 0. The van der Waals surface area contributed by atoms with E-state index >= 15 is 0 Å². The molecule has 0 aliphatic carbocycles. The summed E-state index contributed by atoms with van der Waals surface area (Å²) in [6, 6.07) is 0. The predicted octanol–water partition coefficient (Wildman–Crippen LogP) is 3.86. The summed E-state index contributed by atoms with van der Waals surface area (Å²) in [5.41, 5.74) is 0. The summed E-state index contributed by atoms with van der Waals surface area (Å²) < 4.78 is 65.0. The zero-order valence-electron chi connectivity index (χ0n) is 6.54. The number of hydrogen-bond donors (Lipinski definition) is 0. The Morgan fingerprint density at radius 2 is 1.00 bits per heavy atom. The minimum Gasteiger partial charge on any atom is -0.171 e. The van der Waals surface area contributed by atoms with E-state index in [0.717, 1.165) is 0 Å². The Labute approximate surface area is 71.5 Å². The summed E-state index contributed by atoms with van der Waals surface area (Å²) in [6.07, 6.45) is -9.71. The summed E-state index contributed by atoms with van der Waals surface area (Å²) >= 11 is 0. The molecule has 0 aromatic heterocycles. The van der Waals surface area contributed by atoms with E-state index in [1.165, 1.54) is 0 Å². The first-order chi connectivity index (χ1) is 5.62. The fourth-order valence-corrected chi connectivity index (χ4v) is 0.227. The second-order valence-corrected chi connectivity index (χ2v) is 1.88. The molecule has 0 radical (unpaired) electrons. The van der Waals surface area contributed by atoms with Gasteiger partial charge in [0.05, 0.1) is 0 Å². The van der Waals surface area contributed by atoms with Gasteiger partial charge in [0.25, 0.3) is 0 Å². The van der Waals surface area contributed by atoms with Gasteiger partial charge in [0.1, 0.15) is 6.42 Å². The first-order valence-electron chi connectivity index (χ1n) is 2.99. The van der Waals surface area contributed by atoms with E-state index in [2.05, 4.69) is 13.2 Å². The number of allylic oxidation sites excluding steroid dienone is 2. The van der Waals surface area contributed by atoms with E-state index in [1.807, 2.05) is 0 Å². The predicted molar refractivity (Wildman–Crippen MR) is 37.1 cm³/mol. The van der Waals surface area contributed by atoms with Crippen molar-refractivity contribution in [3.05, 3.63) is 25.3 Å². The molecule has 0 saturated carbocycles. The molecule has 0 spiro atoms. The number of hydrogen-bond acceptors (Lipinski definition) is 0. The second kappa shape index (κ2) is 5.66. The lowest BCUT2D eigenvalue weighted by molar-refractivity contribution is -0.232. The Kier molecular flexibility index (Phi) is 6.35. The Morgan fingerprint density at radius 1 is 0.769 bits per heavy atom. The number of halogens is 6. The molecule has 0 aromatic carbocycles. The molecule has 0 aliphatic rings. The molecule has 0 rings (SSSR count). The van der Waals surface area contributed by atoms with E-state index < -0.39 is 18.8 Å². The van der Waals surface area contributed by atoms with E-state index in [1.54, 1.807) is 12.2 Å². The summed E-state index contributed by atoms with van der Waals surface area (Å²) in [5.74, 6) is 0. The lowest BCUT2D eigenvalue weighted by Gasteiger charge is -2.08. The van der Waals surface area contributed by atoms with Crippen molar-refractivity contribution in [3.63, 3.8) is 0 Å². The molecule has 0 nitrogen and oxygen atoms in total. The molecule has 0 bridgehead atoms. The topological polar surface area (TPSA) is 0 Å². The lowest BCUT2D eigenvalue weighted by atomic mass is 10.4. The van der Waals surface area contributed by atoms with Crippen LogP contribution in [0.15, 0.2) is 25.3 Å². The molecule has 0 atom stereocenters. The molecule has 0 amide bonds. The van der Waals surface area contributed by atoms with Crippen molar-refractivity contribution < 1.29 is 26.3 Å². The average molecular weight is 206 g/mol. The molecule has 0 fully saturated rings. The minimum absolute atomic E-state index is 1.64. The van der Waals surface area contributed by atoms with Crippen LogP contribution in [0.25, 0.3) is 0 Å². The van der Waals surface area contributed by atoms with Crippen molar-refractivity contribution >= 4 is 0 Å². The van der Waals surface area contributed by atoms with Crippen LogP contribution in [0.5, 0.6) is 0 Å². The van der Waals surface area contributed by atoms with Crippen LogP contribution >= 0.6 is 0 Å². The molecule has 78 valence electrons. The highest BCUT2D eigenvalue weighted by atomic mass is 19.4. The maximum absolute atomic E-state index is 10.8. The van der Waals surface area contributed by atoms with Gasteiger partial charge in [0.15, 0.2) is 0 Å². The van der Waals surface area contributed by atoms with Crippen molar-refractivity contribution in [1.29, 1.82) is 0 Å². The summed E-state index contributed by atoms with van der Waals surface area (Å²) in [7, 11) is 0. The van der Waals surface area contributed by atoms with Crippen LogP contribution in [-0.2, 0) is 0 Å². The van der Waals surface area contributed by atoms with Gasteiger partial charge in [-0.25, -0.2) is 0 Å². The minimum atomic E-state index is -5.14. The molecule has 0 unspecified atom stereocenters. The Bertz CT molecular complexity index is 133. The quantitative estimate of drug-likeness (QED) is 0.451. The number of alkyl halides is 6. The van der Waals surface area contributed by atoms with Gasteiger partial charge >= 0.3 is 12.4 Å². The standard InChI is InChI=1S/C4H6.C3H2F6/c1-3-4-2;4-2(5,6)1-3(7,8)9/h3-4H,1-2H2;1H2. The van der Waals surface area contributed by atoms with Crippen molar-refractivity contribution in [3.8, 4) is 0 Å². The molecule has 0 heterocycles. The van der Waals surface area contributed by atoms with Crippen LogP contribution in [0.1, 0.15) is 6.42 Å². The van der Waals surface area contributed by atoms with Gasteiger partial charge in [-0.3, -0.25) is 0 Å². The SMILES string of the molecule is C=CC=C.FC(F)(F)CC(F)(F)F. The first kappa shape index (κ1) is 14.6. The molecule has 0 saturated heterocycles. The highest BCUT2D eigenvalue weighted by Crippen LogP contribution is 2.31. The maximum atomic E-state index is 10.8. The molecule has 6 heteroatoms. The zero-order valence-corrected chi connectivity index (χ0v) is 6.54. The van der Waals surface area contributed by atoms with Gasteiger partial charge in [0, 0.05) is 0 Å². The van der Waals surface area contributed by atoms with Crippen LogP contribution in [0.3, 0.4) is 0 Å². The van der Waals surface area contributed by atoms with E-state index in [9.17, 15) is 26.3 Å². The van der Waals surface area contributed by atoms with Crippen LogP contribution in [-0.4, -0.2) is 12.4 Å². The van der Waals surface area contributed by atoms with Gasteiger partial charge in [-0.1, -0.05) is 25.3 Å². The molecular formula is C7H8F6. The molecule has 0 N–H and O–H groups in total. The van der Waals surface area contributed by atoms with Gasteiger partial charge < -0.3 is 0 Å². The maximum Gasteiger partial charge on any atom is 0.397 e. The average Bonchev–Trinajstić information content (AvgIpc) is 1.80. The Hall–Kier alpha value is -0.940. The van der Waals surface area contributed by atoms with Gasteiger partial charge in [0.2, 0.25) is 0 Å². The third-order valence-electron chi connectivity index (χ3n) is 0.568. The van der Waals surface area contributed by atoms with Crippen molar-refractivity contribution in [1.82, 2.24) is 0 Å². The highest BCUT2D eigenvalue weighted by molar-refractivity contribution is 4.88. The van der Waals surface area contributed by atoms with Crippen LogP contribution in [0.2, 0.25) is 0 Å². The highest BCUT2D eigenvalue weighted by Gasteiger charge is 2.43. The van der Waals surface area contributed by atoms with Crippen LogP contribution < -0.4 is 0 Å². The van der Waals surface area contributed by atoms with Gasteiger partial charge in [-0.2, -0.15) is 26.3 Å². The molecule has 13 heavy (non-hydrogen) atoms. The summed E-state index contributed by atoms with van der Waals surface area (Å²) in [6.45, 7) is 6.72. The van der Waals surface area contributed by atoms with Crippen LogP contribution in [0.4, 0.5) is 26.3 Å². The van der Waals surface area contributed by atoms with Crippen molar-refractivity contribution in [2.75, 3.05) is 0 Å². The third-order valence-corrected chi connectivity index (χ3v) is 0.568. The third kappa shape index (κ3) is 24.7. The van der Waals surface area contributed by atoms with Gasteiger partial charge in [-0.05, 0) is 0 Å².